The van der Waals surface area contributed by atoms with Gasteiger partial charge in [0.2, 0.25) is 5.51 Å². The first kappa shape index (κ1) is 7.11. The lowest BCUT2D eigenvalue weighted by Crippen LogP contribution is -2.69. The van der Waals surface area contributed by atoms with E-state index in [0.717, 1.165) is 0 Å². The van der Waals surface area contributed by atoms with Gasteiger partial charge in [-0.3, -0.25) is 0 Å². The van der Waals surface area contributed by atoms with Crippen LogP contribution in [-0.4, -0.2) is 6.21 Å². The summed E-state index contributed by atoms with van der Waals surface area (Å²) in [6.07, 6.45) is 7.42. The molecule has 1 aliphatic heterocycles. The Morgan fingerprint density at radius 2 is 2.50 bits per heavy atom. The number of hydrogen-bond donors (Lipinski definition) is 1. The molecule has 1 aromatic rings. The van der Waals surface area contributed by atoms with Gasteiger partial charge in [-0.1, -0.05) is 16.4 Å². The number of H-pyrrole nitrogens is 1. The minimum atomic E-state index is 1.66. The van der Waals surface area contributed by atoms with Crippen molar-refractivity contribution in [1.29, 1.82) is 0 Å². The van der Waals surface area contributed by atoms with E-state index in [-0.39, 0.29) is 0 Å². The molecule has 2 heterocycles. The summed E-state index contributed by atoms with van der Waals surface area (Å²) < 4.78 is 0. The van der Waals surface area contributed by atoms with Crippen LogP contribution in [0.4, 0.5) is 0 Å². The molecule has 1 aliphatic rings. The molecule has 3 nitrogen and oxygen atoms in total. The molecular weight excluding hydrogens is 146 g/mol. The van der Waals surface area contributed by atoms with Gasteiger partial charge in [0.25, 0.3) is 0 Å². The molecule has 0 amide bonds. The number of quaternary nitrogens is 1. The van der Waals surface area contributed by atoms with Crippen molar-refractivity contribution in [2.24, 2.45) is 5.10 Å². The molecule has 0 unspecified atom stereocenters. The topological polar surface area (TPSA) is 43.1 Å². The molecular formula is C6H9N3S+2. The largest absolute Gasteiger partial charge is 0.222 e. The lowest BCUT2D eigenvalue weighted by molar-refractivity contribution is -0.589. The lowest BCUT2D eigenvalue weighted by atomic mass is 10.7. The summed E-state index contributed by atoms with van der Waals surface area (Å²) in [6.45, 7) is 0. The van der Waals surface area contributed by atoms with Crippen molar-refractivity contribution in [3.63, 3.8) is 0 Å². The van der Waals surface area contributed by atoms with Gasteiger partial charge < -0.3 is 0 Å². The molecule has 0 spiro atoms. The number of hydrogen-bond acceptors (Lipinski definition) is 2. The molecule has 2 rings (SSSR count). The average Bonchev–Trinajstić information content (AvgIpc) is 2.67. The quantitative estimate of drug-likeness (QED) is 0.497. The van der Waals surface area contributed by atoms with E-state index in [1.54, 1.807) is 23.0 Å². The molecule has 4 heteroatoms. The zero-order valence-electron chi connectivity index (χ0n) is 5.40. The van der Waals surface area contributed by atoms with Crippen LogP contribution in [0.3, 0.4) is 0 Å². The van der Waals surface area contributed by atoms with Crippen molar-refractivity contribution in [3.05, 3.63) is 29.4 Å². The number of rotatable bonds is 0. The smallest absolute Gasteiger partial charge is 0.208 e. The third kappa shape index (κ3) is 3.11. The van der Waals surface area contributed by atoms with E-state index in [0.29, 0.717) is 0 Å². The average molecular weight is 155 g/mol. The number of nitrogens with zero attached hydrogens (tertiary/aromatic N) is 1. The Bertz CT molecular complexity index is 176. The van der Waals surface area contributed by atoms with E-state index < -0.39 is 0 Å². The zero-order valence-corrected chi connectivity index (χ0v) is 6.21. The van der Waals surface area contributed by atoms with E-state index in [4.69, 9.17) is 0 Å². The zero-order chi connectivity index (χ0) is 7.07. The predicted octanol–water partition coefficient (Wildman–Crippen LogP) is -0.375. The fourth-order valence-electron chi connectivity index (χ4n) is 0.445. The van der Waals surface area contributed by atoms with Crippen molar-refractivity contribution in [1.82, 2.24) is 0 Å². The van der Waals surface area contributed by atoms with Crippen LogP contribution in [0.25, 0.3) is 0 Å². The summed E-state index contributed by atoms with van der Waals surface area (Å²) in [5, 5.41) is 5.71. The maximum Gasteiger partial charge on any atom is 0.222 e. The lowest BCUT2D eigenvalue weighted by Gasteiger charge is -1.60. The molecule has 0 aliphatic carbocycles. The van der Waals surface area contributed by atoms with Crippen molar-refractivity contribution >= 4 is 17.6 Å². The van der Waals surface area contributed by atoms with E-state index in [2.05, 4.69) is 10.1 Å². The molecule has 0 aromatic carbocycles. The Morgan fingerprint density at radius 1 is 1.50 bits per heavy atom. The van der Waals surface area contributed by atoms with Gasteiger partial charge in [0.05, 0.1) is 11.6 Å². The second-order valence-corrected chi connectivity index (χ2v) is 2.34. The van der Waals surface area contributed by atoms with E-state index in [9.17, 15) is 0 Å². The Hall–Kier alpha value is -1.00. The second kappa shape index (κ2) is 4.84. The van der Waals surface area contributed by atoms with Crippen molar-refractivity contribution in [2.45, 2.75) is 0 Å². The highest BCUT2D eigenvalue weighted by Crippen LogP contribution is 1.80. The number of allylic oxidation sites excluding steroid dienone is 1. The standard InChI is InChI=1S/C3H4N2.C3H3NS/c1-2-4-5-3-1;1-2-5-3-4-1/h1-3H,(H,4,5);1-3H/p+2. The third-order valence-electron chi connectivity index (χ3n) is 0.834. The SMILES string of the molecule is C1=C[NH2+]N=C1.c1csc[nH+]1. The third-order valence-corrected chi connectivity index (χ3v) is 1.40. The summed E-state index contributed by atoms with van der Waals surface area (Å²) in [6, 6.07) is 0. The maximum absolute atomic E-state index is 3.72. The fourth-order valence-corrected chi connectivity index (χ4v) is 0.838. The van der Waals surface area contributed by atoms with Gasteiger partial charge in [0.1, 0.15) is 6.20 Å². The van der Waals surface area contributed by atoms with Crippen LogP contribution >= 0.6 is 11.3 Å². The molecule has 0 saturated carbocycles. The summed E-state index contributed by atoms with van der Waals surface area (Å²) in [5.41, 5.74) is 3.67. The highest BCUT2D eigenvalue weighted by atomic mass is 32.1. The first-order chi connectivity index (χ1) is 5.00. The van der Waals surface area contributed by atoms with Crippen LogP contribution in [0.15, 0.2) is 34.5 Å². The van der Waals surface area contributed by atoms with Crippen molar-refractivity contribution < 1.29 is 10.4 Å². The van der Waals surface area contributed by atoms with Gasteiger partial charge in [-0.15, -0.1) is 0 Å². The highest BCUT2D eigenvalue weighted by Gasteiger charge is 1.76. The van der Waals surface area contributed by atoms with E-state index in [1.807, 2.05) is 29.4 Å². The van der Waals surface area contributed by atoms with Gasteiger partial charge in [-0.05, 0) is 0 Å². The molecule has 0 bridgehead atoms. The van der Waals surface area contributed by atoms with Crippen LogP contribution < -0.4 is 10.4 Å². The summed E-state index contributed by atoms with van der Waals surface area (Å²) >= 11 is 1.66. The second-order valence-electron chi connectivity index (χ2n) is 1.56. The van der Waals surface area contributed by atoms with Crippen LogP contribution in [0.1, 0.15) is 0 Å². The Kier molecular flexibility index (Phi) is 3.44. The van der Waals surface area contributed by atoms with Gasteiger partial charge >= 0.3 is 0 Å². The fraction of sp³-hybridized carbons (Fsp3) is 0. The van der Waals surface area contributed by atoms with Crippen LogP contribution in [0, 0.1) is 0 Å². The maximum atomic E-state index is 3.72. The molecule has 0 radical (unpaired) electrons. The first-order valence-corrected chi connectivity index (χ1v) is 3.84. The van der Waals surface area contributed by atoms with Gasteiger partial charge in [0.15, 0.2) is 6.20 Å². The normalized spacial score (nSPS) is 12.8. The minimum absolute atomic E-state index is 1.66. The summed E-state index contributed by atoms with van der Waals surface area (Å²) in [5.74, 6) is 0. The summed E-state index contributed by atoms with van der Waals surface area (Å²) in [4.78, 5) is 2.88. The number of aromatic amines is 1. The molecule has 1 aromatic heterocycles. The number of nitrogens with one attached hydrogen (secondary N) is 1. The molecule has 52 valence electrons. The number of aromatic nitrogens is 1. The number of nitrogens with two attached hydrogens (primary N) is 1. The van der Waals surface area contributed by atoms with Crippen LogP contribution in [0.2, 0.25) is 0 Å². The Labute approximate surface area is 63.1 Å². The van der Waals surface area contributed by atoms with Crippen LogP contribution in [-0.2, 0) is 0 Å². The number of thiazole rings is 1. The minimum Gasteiger partial charge on any atom is -0.208 e. The monoisotopic (exact) mass is 155 g/mol. The highest BCUT2D eigenvalue weighted by molar-refractivity contribution is 7.07. The van der Waals surface area contributed by atoms with E-state index in [1.165, 1.54) is 0 Å². The molecule has 3 N–H and O–H groups in total. The molecule has 0 atom stereocenters. The Balaban J connectivity index is 0.0000001000. The predicted molar refractivity (Wildman–Crippen MR) is 40.4 cm³/mol. The van der Waals surface area contributed by atoms with E-state index >= 15 is 0 Å². The first-order valence-electron chi connectivity index (χ1n) is 2.90. The van der Waals surface area contributed by atoms with Crippen molar-refractivity contribution in [2.75, 3.05) is 0 Å². The molecule has 0 saturated heterocycles. The van der Waals surface area contributed by atoms with Crippen LogP contribution in [0.5, 0.6) is 0 Å². The Morgan fingerprint density at radius 3 is 2.70 bits per heavy atom. The van der Waals surface area contributed by atoms with Gasteiger partial charge in [-0.2, -0.15) is 5.43 Å². The van der Waals surface area contributed by atoms with Gasteiger partial charge in [-0.25, -0.2) is 4.98 Å². The van der Waals surface area contributed by atoms with Crippen molar-refractivity contribution in [3.8, 4) is 0 Å². The van der Waals surface area contributed by atoms with Gasteiger partial charge in [0, 0.05) is 6.08 Å². The molecule has 10 heavy (non-hydrogen) atoms. The summed E-state index contributed by atoms with van der Waals surface area (Å²) in [7, 11) is 0. The molecule has 0 fully saturated rings.